The highest BCUT2D eigenvalue weighted by atomic mass is 127. The standard InChI is InChI=1S/C28H33IO2/c1-16(2)21-15-22(20-13-18(5)12-19(6)14-20)28(31-8)25(17(3)4)26(21)27-23(29)10-9-11-24(27)30-7/h9-17H,1-8H3. The van der Waals surface area contributed by atoms with Gasteiger partial charge in [0.2, 0.25) is 0 Å². The summed E-state index contributed by atoms with van der Waals surface area (Å²) in [5.74, 6) is 2.50. The smallest absolute Gasteiger partial charge is 0.130 e. The summed E-state index contributed by atoms with van der Waals surface area (Å²) in [6.07, 6.45) is 0. The maximum absolute atomic E-state index is 6.14. The maximum Gasteiger partial charge on any atom is 0.130 e. The molecule has 0 atom stereocenters. The van der Waals surface area contributed by atoms with Gasteiger partial charge >= 0.3 is 0 Å². The highest BCUT2D eigenvalue weighted by Gasteiger charge is 2.27. The van der Waals surface area contributed by atoms with Crippen molar-refractivity contribution in [1.29, 1.82) is 0 Å². The summed E-state index contributed by atoms with van der Waals surface area (Å²) in [5.41, 5.74) is 9.86. The van der Waals surface area contributed by atoms with Gasteiger partial charge < -0.3 is 9.47 Å². The van der Waals surface area contributed by atoms with E-state index >= 15 is 0 Å². The van der Waals surface area contributed by atoms with Crippen molar-refractivity contribution >= 4 is 22.6 Å². The maximum atomic E-state index is 6.14. The van der Waals surface area contributed by atoms with Crippen molar-refractivity contribution in [2.24, 2.45) is 0 Å². The molecule has 0 radical (unpaired) electrons. The van der Waals surface area contributed by atoms with E-state index in [1.807, 2.05) is 0 Å². The van der Waals surface area contributed by atoms with E-state index in [-0.39, 0.29) is 5.92 Å². The summed E-state index contributed by atoms with van der Waals surface area (Å²) in [6.45, 7) is 13.3. The number of hydrogen-bond donors (Lipinski definition) is 0. The average molecular weight is 528 g/mol. The quantitative estimate of drug-likeness (QED) is 0.299. The first kappa shape index (κ1) is 23.6. The van der Waals surface area contributed by atoms with Gasteiger partial charge in [-0.3, -0.25) is 0 Å². The van der Waals surface area contributed by atoms with Gasteiger partial charge in [-0.25, -0.2) is 0 Å². The summed E-state index contributed by atoms with van der Waals surface area (Å²) in [4.78, 5) is 0. The minimum absolute atomic E-state index is 0.286. The second-order valence-electron chi connectivity index (χ2n) is 8.84. The molecule has 0 spiro atoms. The zero-order chi connectivity index (χ0) is 22.9. The van der Waals surface area contributed by atoms with E-state index in [0.717, 1.165) is 22.6 Å². The number of benzene rings is 3. The van der Waals surface area contributed by atoms with Gasteiger partial charge in [0.1, 0.15) is 11.5 Å². The van der Waals surface area contributed by atoms with Crippen LogP contribution in [-0.2, 0) is 0 Å². The first-order valence-electron chi connectivity index (χ1n) is 10.9. The van der Waals surface area contributed by atoms with Crippen molar-refractivity contribution in [2.75, 3.05) is 14.2 Å². The molecule has 0 aliphatic heterocycles. The number of ether oxygens (including phenoxy) is 2. The lowest BCUT2D eigenvalue weighted by molar-refractivity contribution is 0.408. The third kappa shape index (κ3) is 4.62. The molecule has 0 heterocycles. The van der Waals surface area contributed by atoms with Crippen molar-refractivity contribution in [2.45, 2.75) is 53.4 Å². The van der Waals surface area contributed by atoms with E-state index < -0.39 is 0 Å². The largest absolute Gasteiger partial charge is 0.496 e. The molecule has 3 rings (SSSR count). The molecule has 3 heteroatoms. The lowest BCUT2D eigenvalue weighted by atomic mass is 9.81. The molecular weight excluding hydrogens is 495 g/mol. The highest BCUT2D eigenvalue weighted by molar-refractivity contribution is 14.1. The second kappa shape index (κ2) is 9.64. The molecule has 3 aromatic carbocycles. The van der Waals surface area contributed by atoms with Crippen LogP contribution in [0.4, 0.5) is 0 Å². The van der Waals surface area contributed by atoms with Crippen molar-refractivity contribution in [3.05, 3.63) is 68.3 Å². The number of rotatable bonds is 6. The third-order valence-corrected chi connectivity index (χ3v) is 6.63. The molecule has 164 valence electrons. The number of hydrogen-bond acceptors (Lipinski definition) is 2. The van der Waals surface area contributed by atoms with Crippen LogP contribution >= 0.6 is 22.6 Å². The number of halogens is 1. The Balaban J connectivity index is 2.51. The van der Waals surface area contributed by atoms with Crippen LogP contribution in [0.5, 0.6) is 11.5 Å². The topological polar surface area (TPSA) is 18.5 Å². The molecule has 0 amide bonds. The van der Waals surface area contributed by atoms with Gasteiger partial charge in [-0.05, 0) is 83.2 Å². The molecule has 0 N–H and O–H groups in total. The Kier molecular flexibility index (Phi) is 7.35. The lowest BCUT2D eigenvalue weighted by Gasteiger charge is -2.27. The Morgan fingerprint density at radius 3 is 1.94 bits per heavy atom. The SMILES string of the molecule is COc1cccc(I)c1-c1c(C(C)C)cc(-c2cc(C)cc(C)c2)c(OC)c1C(C)C. The van der Waals surface area contributed by atoms with Crippen LogP contribution in [-0.4, -0.2) is 14.2 Å². The monoisotopic (exact) mass is 528 g/mol. The van der Waals surface area contributed by atoms with Crippen LogP contribution < -0.4 is 9.47 Å². The molecule has 0 unspecified atom stereocenters. The Morgan fingerprint density at radius 1 is 0.774 bits per heavy atom. The molecule has 0 aromatic heterocycles. The molecule has 0 saturated heterocycles. The fourth-order valence-corrected chi connectivity index (χ4v) is 5.22. The molecule has 0 aliphatic rings. The summed E-state index contributed by atoms with van der Waals surface area (Å²) in [6, 6.07) is 15.3. The zero-order valence-corrected chi connectivity index (χ0v) is 22.0. The van der Waals surface area contributed by atoms with Crippen molar-refractivity contribution < 1.29 is 9.47 Å². The van der Waals surface area contributed by atoms with Gasteiger partial charge in [0.25, 0.3) is 0 Å². The first-order chi connectivity index (χ1) is 14.7. The van der Waals surface area contributed by atoms with Crippen LogP contribution in [0.3, 0.4) is 0 Å². The van der Waals surface area contributed by atoms with Gasteiger partial charge in [-0.1, -0.05) is 63.1 Å². The van der Waals surface area contributed by atoms with Crippen LogP contribution in [0.25, 0.3) is 22.3 Å². The molecule has 2 nitrogen and oxygen atoms in total. The van der Waals surface area contributed by atoms with E-state index in [9.17, 15) is 0 Å². The van der Waals surface area contributed by atoms with Gasteiger partial charge in [0.15, 0.2) is 0 Å². The first-order valence-corrected chi connectivity index (χ1v) is 11.9. The highest BCUT2D eigenvalue weighted by Crippen LogP contribution is 2.50. The van der Waals surface area contributed by atoms with E-state index in [4.69, 9.17) is 9.47 Å². The fraction of sp³-hybridized carbons (Fsp3) is 0.357. The Bertz CT molecular complexity index is 1080. The van der Waals surface area contributed by atoms with Crippen molar-refractivity contribution in [3.63, 3.8) is 0 Å². The van der Waals surface area contributed by atoms with Gasteiger partial charge in [0.05, 0.1) is 14.2 Å². The van der Waals surface area contributed by atoms with Crippen LogP contribution in [0.1, 0.15) is 61.8 Å². The summed E-state index contributed by atoms with van der Waals surface area (Å²) >= 11 is 2.42. The molecule has 3 aromatic rings. The lowest BCUT2D eigenvalue weighted by Crippen LogP contribution is -2.07. The van der Waals surface area contributed by atoms with E-state index in [1.165, 1.54) is 37.0 Å². The average Bonchev–Trinajstić information content (AvgIpc) is 2.71. The normalized spacial score (nSPS) is 11.3. The van der Waals surface area contributed by atoms with Crippen LogP contribution in [0.15, 0.2) is 42.5 Å². The third-order valence-electron chi connectivity index (χ3n) is 5.73. The molecule has 0 aliphatic carbocycles. The predicted molar refractivity (Wildman–Crippen MR) is 141 cm³/mol. The van der Waals surface area contributed by atoms with Gasteiger partial charge in [0, 0.05) is 20.3 Å². The molecular formula is C28H33IO2. The number of methoxy groups -OCH3 is 2. The van der Waals surface area contributed by atoms with Crippen LogP contribution in [0.2, 0.25) is 0 Å². The predicted octanol–water partition coefficient (Wildman–Crippen LogP) is 8.51. The van der Waals surface area contributed by atoms with E-state index in [1.54, 1.807) is 14.2 Å². The minimum Gasteiger partial charge on any atom is -0.496 e. The second-order valence-corrected chi connectivity index (χ2v) is 10.0. The van der Waals surface area contributed by atoms with E-state index in [0.29, 0.717) is 5.92 Å². The van der Waals surface area contributed by atoms with Gasteiger partial charge in [-0.2, -0.15) is 0 Å². The van der Waals surface area contributed by atoms with Crippen molar-refractivity contribution in [1.82, 2.24) is 0 Å². The zero-order valence-electron chi connectivity index (χ0n) is 19.9. The van der Waals surface area contributed by atoms with Crippen LogP contribution in [0, 0.1) is 17.4 Å². The molecule has 0 fully saturated rings. The molecule has 31 heavy (non-hydrogen) atoms. The van der Waals surface area contributed by atoms with E-state index in [2.05, 4.69) is 107 Å². The van der Waals surface area contributed by atoms with Crippen molar-refractivity contribution in [3.8, 4) is 33.8 Å². The molecule has 0 bridgehead atoms. The summed E-state index contributed by atoms with van der Waals surface area (Å²) in [7, 11) is 3.54. The summed E-state index contributed by atoms with van der Waals surface area (Å²) in [5, 5.41) is 0. The number of aryl methyl sites for hydroxylation is 2. The van der Waals surface area contributed by atoms with Gasteiger partial charge in [-0.15, -0.1) is 0 Å². The minimum atomic E-state index is 0.286. The fourth-order valence-electron chi connectivity index (χ4n) is 4.47. The Hall–Kier alpha value is -2.01. The summed E-state index contributed by atoms with van der Waals surface area (Å²) < 4.78 is 13.1. The Labute approximate surface area is 201 Å². The molecule has 0 saturated carbocycles. The Morgan fingerprint density at radius 2 is 1.42 bits per heavy atom.